The van der Waals surface area contributed by atoms with Crippen LogP contribution in [0.1, 0.15) is 116 Å². The van der Waals surface area contributed by atoms with Gasteiger partial charge in [-0.2, -0.15) is 0 Å². The van der Waals surface area contributed by atoms with Crippen molar-refractivity contribution >= 4 is 60.4 Å². The van der Waals surface area contributed by atoms with E-state index in [0.29, 0.717) is 33.8 Å². The van der Waals surface area contributed by atoms with E-state index in [1.54, 1.807) is 0 Å². The highest BCUT2D eigenvalue weighted by molar-refractivity contribution is 7.32. The molecule has 8 rings (SSSR count). The molecule has 0 spiro atoms. The van der Waals surface area contributed by atoms with Gasteiger partial charge in [0.25, 0.3) is 0 Å². The summed E-state index contributed by atoms with van der Waals surface area (Å²) in [7, 11) is -3.95. The van der Waals surface area contributed by atoms with Gasteiger partial charge in [-0.1, -0.05) is 154 Å². The Morgan fingerprint density at radius 1 is 0.450 bits per heavy atom. The molecule has 0 saturated carbocycles. The lowest BCUT2D eigenvalue weighted by Crippen LogP contribution is -2.16. The smallest absolute Gasteiger partial charge is 0.390 e. The van der Waals surface area contributed by atoms with Crippen molar-refractivity contribution in [3.8, 4) is 22.6 Å². The summed E-state index contributed by atoms with van der Waals surface area (Å²) in [5.41, 5.74) is 8.61. The number of para-hydroxylation sites is 4. The van der Waals surface area contributed by atoms with E-state index in [2.05, 4.69) is 118 Å². The van der Waals surface area contributed by atoms with Gasteiger partial charge >= 0.3 is 16.5 Å². The molecule has 0 fully saturated rings. The predicted octanol–water partition coefficient (Wildman–Crippen LogP) is 17.9. The molecule has 60 heavy (non-hydrogen) atoms. The van der Waals surface area contributed by atoms with Crippen LogP contribution >= 0.6 is 16.5 Å². The molecule has 0 aliphatic carbocycles. The minimum absolute atomic E-state index is 0.281. The Morgan fingerprint density at radius 3 is 1.00 bits per heavy atom. The Labute approximate surface area is 355 Å². The van der Waals surface area contributed by atoms with Crippen molar-refractivity contribution < 1.29 is 25.8 Å². The van der Waals surface area contributed by atoms with E-state index in [1.165, 1.54) is 11.1 Å². The predicted molar refractivity (Wildman–Crippen MR) is 251 cm³/mol. The zero-order chi connectivity index (χ0) is 42.3. The molecule has 0 bridgehead atoms. The number of benzene rings is 6. The van der Waals surface area contributed by atoms with Crippen molar-refractivity contribution in [3.63, 3.8) is 0 Å². The maximum Gasteiger partial charge on any atom is 0.453 e. The summed E-state index contributed by atoms with van der Waals surface area (Å²) in [6.45, 7) is 22.5. The summed E-state index contributed by atoms with van der Waals surface area (Å²) in [5, 5.41) is 3.85. The minimum atomic E-state index is -1.97. The molecule has 0 aliphatic heterocycles. The van der Waals surface area contributed by atoms with Crippen LogP contribution in [0.2, 0.25) is 0 Å². The number of fused-ring (bicyclic) bond motifs is 6. The first kappa shape index (κ1) is 41.5. The molecule has 0 amide bonds. The fraction of sp³-hybridized carbons (Fsp3) is 0.308. The molecule has 310 valence electrons. The van der Waals surface area contributed by atoms with E-state index in [0.717, 1.165) is 56.6 Å². The van der Waals surface area contributed by atoms with Crippen LogP contribution in [0.3, 0.4) is 0 Å². The highest BCUT2D eigenvalue weighted by Gasteiger charge is 2.32. The van der Waals surface area contributed by atoms with Crippen LogP contribution < -0.4 is 9.05 Å². The number of hydrogen-bond donors (Lipinski definition) is 0. The average Bonchev–Trinajstić information content (AvgIpc) is 3.49. The molecule has 0 saturated heterocycles. The molecule has 6 aromatic carbocycles. The Morgan fingerprint density at radius 2 is 0.733 bits per heavy atom. The molecule has 8 heteroatoms. The first-order valence-electron chi connectivity index (χ1n) is 21.2. The largest absolute Gasteiger partial charge is 0.453 e. The summed E-state index contributed by atoms with van der Waals surface area (Å²) < 4.78 is 41.5. The summed E-state index contributed by atoms with van der Waals surface area (Å²) in [4.78, 5) is 0. The molecule has 0 radical (unpaired) electrons. The topological polar surface area (TPSA) is 71.0 Å². The molecule has 2 atom stereocenters. The van der Waals surface area contributed by atoms with Crippen LogP contribution in [-0.2, 0) is 10.8 Å². The van der Waals surface area contributed by atoms with Gasteiger partial charge in [0, 0.05) is 43.8 Å². The van der Waals surface area contributed by atoms with Crippen LogP contribution in [0.4, 0.5) is 0 Å². The van der Waals surface area contributed by atoms with Gasteiger partial charge in [0.15, 0.2) is 0 Å². The van der Waals surface area contributed by atoms with E-state index in [-0.39, 0.29) is 22.7 Å². The monoisotopic (exact) mass is 838 g/mol. The lowest BCUT2D eigenvalue weighted by molar-refractivity contribution is 0.472. The first-order valence-corrected chi connectivity index (χ1v) is 23.3. The third-order valence-corrected chi connectivity index (χ3v) is 13.7. The maximum absolute atomic E-state index is 7.28. The van der Waals surface area contributed by atoms with Crippen molar-refractivity contribution in [2.24, 2.45) is 0 Å². The van der Waals surface area contributed by atoms with Gasteiger partial charge in [0.2, 0.25) is 0 Å². The molecule has 6 nitrogen and oxygen atoms in total. The highest BCUT2D eigenvalue weighted by Crippen LogP contribution is 2.53. The van der Waals surface area contributed by atoms with E-state index in [1.807, 2.05) is 72.8 Å². The third kappa shape index (κ3) is 8.25. The molecule has 0 aliphatic rings. The van der Waals surface area contributed by atoms with Crippen molar-refractivity contribution in [3.05, 3.63) is 144 Å². The minimum Gasteiger partial charge on any atom is -0.390 e. The van der Waals surface area contributed by atoms with E-state index >= 15 is 0 Å². The van der Waals surface area contributed by atoms with Gasteiger partial charge in [-0.15, -0.1) is 0 Å². The zero-order valence-electron chi connectivity index (χ0n) is 36.5. The SMILES string of the molecule is CCC(C)c1cc(-c2cc(C(C)CC)cc(C(C)(C)C)c2Op2oc3ccccc3c3ccccc3o2)c(Op2oc3ccccc3c3ccccc3o2)c(C(C)(C)C)c1. The van der Waals surface area contributed by atoms with E-state index < -0.39 is 16.5 Å². The van der Waals surface area contributed by atoms with Crippen LogP contribution in [-0.4, -0.2) is 0 Å². The maximum atomic E-state index is 7.28. The summed E-state index contributed by atoms with van der Waals surface area (Å²) in [5.74, 6) is 1.97. The van der Waals surface area contributed by atoms with E-state index in [4.69, 9.17) is 25.8 Å². The molecule has 2 heterocycles. The van der Waals surface area contributed by atoms with E-state index in [9.17, 15) is 0 Å². The number of hydrogen-bond acceptors (Lipinski definition) is 6. The molecule has 8 aromatic rings. The summed E-state index contributed by atoms with van der Waals surface area (Å²) in [6, 6.07) is 41.5. The third-order valence-electron chi connectivity index (χ3n) is 11.6. The summed E-state index contributed by atoms with van der Waals surface area (Å²) >= 11 is 0. The lowest BCUT2D eigenvalue weighted by atomic mass is 9.78. The molecular weight excluding hydrogens is 783 g/mol. The Hall–Kier alpha value is -5.28. The van der Waals surface area contributed by atoms with Crippen molar-refractivity contribution in [2.75, 3.05) is 0 Å². The van der Waals surface area contributed by atoms with Crippen molar-refractivity contribution in [2.45, 2.75) is 105 Å². The van der Waals surface area contributed by atoms with Gasteiger partial charge in [-0.25, -0.2) is 0 Å². The van der Waals surface area contributed by atoms with Gasteiger partial charge in [-0.05, 0) is 83.0 Å². The fourth-order valence-corrected chi connectivity index (χ4v) is 9.91. The second-order valence-corrected chi connectivity index (χ2v) is 20.0. The summed E-state index contributed by atoms with van der Waals surface area (Å²) in [6.07, 6.45) is 1.95. The Kier molecular flexibility index (Phi) is 11.5. The molecule has 2 aromatic heterocycles. The van der Waals surface area contributed by atoms with Crippen molar-refractivity contribution in [1.82, 2.24) is 0 Å². The number of rotatable bonds is 9. The normalized spacial score (nSPS) is 13.2. The van der Waals surface area contributed by atoms with Crippen LogP contribution in [0.15, 0.2) is 138 Å². The van der Waals surface area contributed by atoms with Crippen LogP contribution in [0, 0.1) is 0 Å². The molecule has 2 unspecified atom stereocenters. The second-order valence-electron chi connectivity index (χ2n) is 18.0. The molecule has 0 N–H and O–H groups in total. The van der Waals surface area contributed by atoms with Crippen LogP contribution in [0.25, 0.3) is 55.0 Å². The Balaban J connectivity index is 1.48. The lowest BCUT2D eigenvalue weighted by Gasteiger charge is -2.29. The zero-order valence-corrected chi connectivity index (χ0v) is 38.2. The average molecular weight is 839 g/mol. The fourth-order valence-electron chi connectivity index (χ4n) is 7.71. The van der Waals surface area contributed by atoms with Gasteiger partial charge in [-0.3, -0.25) is 0 Å². The van der Waals surface area contributed by atoms with Crippen LogP contribution in [0.5, 0.6) is 11.5 Å². The first-order chi connectivity index (χ1) is 28.7. The Bertz CT molecular complexity index is 2610. The second kappa shape index (κ2) is 16.6. The molecular formula is C52H56O6P2. The van der Waals surface area contributed by atoms with Gasteiger partial charge < -0.3 is 25.8 Å². The van der Waals surface area contributed by atoms with Crippen molar-refractivity contribution in [1.29, 1.82) is 0 Å². The van der Waals surface area contributed by atoms with Gasteiger partial charge in [0.05, 0.1) is 0 Å². The quantitative estimate of drug-likeness (QED) is 0.144. The van der Waals surface area contributed by atoms with Gasteiger partial charge in [0.1, 0.15) is 33.8 Å². The standard InChI is InChI=1S/C52H56O6P2/c1-11-33(3)35-29-41(49(43(31-35)51(5,6)7)57-59-53-45-25-17-13-21-37(45)38-22-14-18-26-46(38)54-59)42-30-36(34(4)12-2)32-44(52(8,9)10)50(42)58-60-55-47-27-19-15-23-39(47)40-24-16-20-28-48(40)56-60/h13-34H,11-12H2,1-10H3. The highest BCUT2D eigenvalue weighted by atomic mass is 31.1.